The van der Waals surface area contributed by atoms with E-state index in [-0.39, 0.29) is 0 Å². The summed E-state index contributed by atoms with van der Waals surface area (Å²) >= 11 is 3.71. The number of fused-ring (bicyclic) bond motifs is 2. The number of aryl methyl sites for hydroxylation is 1. The van der Waals surface area contributed by atoms with E-state index < -0.39 is 0 Å². The predicted octanol–water partition coefficient (Wildman–Crippen LogP) is 5.83. The molecule has 4 rings (SSSR count). The van der Waals surface area contributed by atoms with Crippen molar-refractivity contribution in [2.24, 2.45) is 0 Å². The predicted molar refractivity (Wildman–Crippen MR) is 139 cm³/mol. The van der Waals surface area contributed by atoms with Crippen LogP contribution in [0.4, 0.5) is 17.1 Å². The Labute approximate surface area is 194 Å². The molecule has 0 bridgehead atoms. The Balaban J connectivity index is 1.63. The van der Waals surface area contributed by atoms with Gasteiger partial charge in [0.2, 0.25) is 5.52 Å². The van der Waals surface area contributed by atoms with E-state index in [0.717, 1.165) is 13.1 Å². The molecule has 1 aliphatic rings. The molecular weight excluding hydrogens is 420 g/mol. The summed E-state index contributed by atoms with van der Waals surface area (Å²) in [5.41, 5.74) is 5.09. The molecule has 2 aromatic carbocycles. The Morgan fingerprint density at radius 3 is 2.35 bits per heavy atom. The Kier molecular flexibility index (Phi) is 6.30. The summed E-state index contributed by atoms with van der Waals surface area (Å²) < 4.78 is 3.73. The topological polar surface area (TPSA) is 13.6 Å². The molecule has 0 spiro atoms. The summed E-state index contributed by atoms with van der Waals surface area (Å²) in [7, 11) is 8.37. The van der Waals surface area contributed by atoms with Crippen molar-refractivity contribution in [2.45, 2.75) is 25.3 Å². The van der Waals surface area contributed by atoms with Crippen molar-refractivity contribution >= 4 is 56.5 Å². The van der Waals surface area contributed by atoms with Gasteiger partial charge in [0.15, 0.2) is 0 Å². The number of thioether (sulfide) groups is 1. The number of thiazole rings is 1. The highest BCUT2D eigenvalue weighted by molar-refractivity contribution is 8.03. The van der Waals surface area contributed by atoms with Gasteiger partial charge in [0.1, 0.15) is 11.2 Å². The maximum absolute atomic E-state index is 2.40. The van der Waals surface area contributed by atoms with E-state index in [4.69, 9.17) is 0 Å². The van der Waals surface area contributed by atoms with Crippen LogP contribution in [0.3, 0.4) is 0 Å². The van der Waals surface area contributed by atoms with Crippen molar-refractivity contribution in [2.75, 3.05) is 49.4 Å². The Morgan fingerprint density at radius 2 is 1.68 bits per heavy atom. The SMILES string of the molecule is CCN1/C(=C/C=C/c2sc3ccc(N(C)C)cc3[n+]2CC)Sc2ccc(N(C)C)cc21. The third kappa shape index (κ3) is 4.19. The number of benzene rings is 2. The average molecular weight is 452 g/mol. The lowest BCUT2D eigenvalue weighted by Crippen LogP contribution is -2.33. The highest BCUT2D eigenvalue weighted by Gasteiger charge is 2.24. The van der Waals surface area contributed by atoms with Crippen LogP contribution < -0.4 is 19.3 Å². The zero-order valence-corrected chi connectivity index (χ0v) is 20.8. The highest BCUT2D eigenvalue weighted by Crippen LogP contribution is 2.47. The molecule has 0 saturated carbocycles. The van der Waals surface area contributed by atoms with Gasteiger partial charge < -0.3 is 14.7 Å². The Hall–Kier alpha value is -2.44. The molecule has 6 heteroatoms. The monoisotopic (exact) mass is 451 g/mol. The fraction of sp³-hybridized carbons (Fsp3) is 0.320. The van der Waals surface area contributed by atoms with E-state index in [1.165, 1.54) is 42.2 Å². The molecule has 162 valence electrons. The van der Waals surface area contributed by atoms with E-state index in [1.807, 2.05) is 23.1 Å². The normalized spacial score (nSPS) is 14.8. The average Bonchev–Trinajstić information content (AvgIpc) is 3.29. The van der Waals surface area contributed by atoms with Crippen molar-refractivity contribution in [1.82, 2.24) is 0 Å². The summed E-state index contributed by atoms with van der Waals surface area (Å²) in [4.78, 5) is 8.05. The van der Waals surface area contributed by atoms with Crippen LogP contribution in [-0.4, -0.2) is 34.7 Å². The van der Waals surface area contributed by atoms with Crippen molar-refractivity contribution < 1.29 is 4.57 Å². The molecule has 0 amide bonds. The summed E-state index contributed by atoms with van der Waals surface area (Å²) in [6.07, 6.45) is 6.70. The molecule has 4 nitrogen and oxygen atoms in total. The smallest absolute Gasteiger partial charge is 0.262 e. The number of aromatic nitrogens is 1. The highest BCUT2D eigenvalue weighted by atomic mass is 32.2. The molecule has 0 N–H and O–H groups in total. The quantitative estimate of drug-likeness (QED) is 0.438. The van der Waals surface area contributed by atoms with Crippen LogP contribution in [0.25, 0.3) is 16.3 Å². The molecule has 1 aliphatic heterocycles. The Morgan fingerprint density at radius 1 is 0.968 bits per heavy atom. The van der Waals surface area contributed by atoms with Gasteiger partial charge in [0, 0.05) is 63.1 Å². The summed E-state index contributed by atoms with van der Waals surface area (Å²) in [5, 5.41) is 2.56. The lowest BCUT2D eigenvalue weighted by molar-refractivity contribution is -0.665. The van der Waals surface area contributed by atoms with E-state index in [1.54, 1.807) is 0 Å². The van der Waals surface area contributed by atoms with Gasteiger partial charge in [0.25, 0.3) is 5.01 Å². The first-order valence-electron chi connectivity index (χ1n) is 10.7. The van der Waals surface area contributed by atoms with Crippen molar-refractivity contribution in [3.8, 4) is 0 Å². The Bertz CT molecular complexity index is 1160. The fourth-order valence-electron chi connectivity index (χ4n) is 3.85. The van der Waals surface area contributed by atoms with E-state index in [2.05, 4.69) is 116 Å². The van der Waals surface area contributed by atoms with E-state index in [0.29, 0.717) is 0 Å². The minimum Gasteiger partial charge on any atom is -0.378 e. The first kappa shape index (κ1) is 21.8. The van der Waals surface area contributed by atoms with Gasteiger partial charge in [-0.3, -0.25) is 0 Å². The van der Waals surface area contributed by atoms with Crippen molar-refractivity contribution in [3.05, 3.63) is 58.6 Å². The minimum atomic E-state index is 0.960. The number of hydrogen-bond donors (Lipinski definition) is 0. The third-order valence-electron chi connectivity index (χ3n) is 5.57. The van der Waals surface area contributed by atoms with Crippen LogP contribution in [0.2, 0.25) is 0 Å². The molecule has 31 heavy (non-hydrogen) atoms. The van der Waals surface area contributed by atoms with Crippen LogP contribution in [0, 0.1) is 0 Å². The van der Waals surface area contributed by atoms with Crippen LogP contribution in [0.5, 0.6) is 0 Å². The second kappa shape index (κ2) is 8.97. The molecule has 0 saturated heterocycles. The fourth-order valence-corrected chi connectivity index (χ4v) is 6.09. The molecule has 0 atom stereocenters. The summed E-state index contributed by atoms with van der Waals surface area (Å²) in [6.45, 7) is 6.35. The lowest BCUT2D eigenvalue weighted by Gasteiger charge is -2.20. The van der Waals surface area contributed by atoms with Gasteiger partial charge in [-0.25, -0.2) is 0 Å². The second-order valence-corrected chi connectivity index (χ2v) is 10.1. The van der Waals surface area contributed by atoms with Gasteiger partial charge in [0.05, 0.1) is 10.7 Å². The molecule has 0 unspecified atom stereocenters. The number of rotatable bonds is 6. The van der Waals surface area contributed by atoms with E-state index in [9.17, 15) is 0 Å². The van der Waals surface area contributed by atoms with Crippen molar-refractivity contribution in [3.63, 3.8) is 0 Å². The number of allylic oxidation sites excluding steroid dienone is 2. The van der Waals surface area contributed by atoms with Crippen LogP contribution in [0.1, 0.15) is 18.9 Å². The molecule has 0 fully saturated rings. The number of hydrogen-bond acceptors (Lipinski definition) is 5. The summed E-state index contributed by atoms with van der Waals surface area (Å²) in [5.74, 6) is 0. The maximum Gasteiger partial charge on any atom is 0.262 e. The standard InChI is InChI=1S/C25H31N4S2/c1-7-28-20-16-18(26(3)4)12-14-22(20)30-24(28)10-9-11-25-29(8-2)21-17-19(27(5)6)13-15-23(21)31-25/h9-17H,7-8H2,1-6H3/q+1. The molecular formula is C25H31N4S2+. The lowest BCUT2D eigenvalue weighted by atomic mass is 10.2. The second-order valence-electron chi connectivity index (χ2n) is 7.99. The molecule has 2 heterocycles. The molecule has 1 aromatic heterocycles. The summed E-state index contributed by atoms with van der Waals surface area (Å²) in [6, 6.07) is 13.4. The maximum atomic E-state index is 2.40. The van der Waals surface area contributed by atoms with Crippen LogP contribution in [-0.2, 0) is 6.54 Å². The largest absolute Gasteiger partial charge is 0.378 e. The zero-order chi connectivity index (χ0) is 22.1. The van der Waals surface area contributed by atoms with Crippen LogP contribution in [0.15, 0.2) is 58.5 Å². The first-order valence-corrected chi connectivity index (χ1v) is 12.3. The zero-order valence-electron chi connectivity index (χ0n) is 19.2. The van der Waals surface area contributed by atoms with Gasteiger partial charge in [-0.05, 0) is 50.3 Å². The van der Waals surface area contributed by atoms with Gasteiger partial charge in [-0.15, -0.1) is 0 Å². The van der Waals surface area contributed by atoms with Gasteiger partial charge >= 0.3 is 0 Å². The van der Waals surface area contributed by atoms with Gasteiger partial charge in [-0.2, -0.15) is 4.57 Å². The number of anilines is 3. The third-order valence-corrected chi connectivity index (χ3v) is 7.83. The number of nitrogens with zero attached hydrogens (tertiary/aromatic N) is 4. The van der Waals surface area contributed by atoms with Crippen LogP contribution >= 0.6 is 23.1 Å². The van der Waals surface area contributed by atoms with Gasteiger partial charge in [-0.1, -0.05) is 29.2 Å². The van der Waals surface area contributed by atoms with Crippen molar-refractivity contribution in [1.29, 1.82) is 0 Å². The molecule has 0 radical (unpaired) electrons. The first-order chi connectivity index (χ1) is 14.9. The molecule has 0 aliphatic carbocycles. The van der Waals surface area contributed by atoms with E-state index >= 15 is 0 Å². The molecule has 3 aromatic rings. The minimum absolute atomic E-state index is 0.960.